The van der Waals surface area contributed by atoms with Crippen molar-refractivity contribution in [3.05, 3.63) is 53.9 Å². The molecule has 22 heavy (non-hydrogen) atoms. The Balaban J connectivity index is 2.05. The average molecular weight is 296 g/mol. The van der Waals surface area contributed by atoms with Gasteiger partial charge in [0.2, 0.25) is 0 Å². The van der Waals surface area contributed by atoms with Crippen molar-refractivity contribution in [3.8, 4) is 6.07 Å². The van der Waals surface area contributed by atoms with Crippen molar-refractivity contribution in [1.82, 2.24) is 4.98 Å². The fraction of sp³-hybridized carbons (Fsp3) is 0.188. The maximum atomic E-state index is 11.4. The van der Waals surface area contributed by atoms with E-state index in [9.17, 15) is 10.1 Å². The van der Waals surface area contributed by atoms with E-state index >= 15 is 0 Å². The molecular weight excluding hydrogens is 280 g/mol. The number of carbonyl (C=O) groups is 1. The lowest BCUT2D eigenvalue weighted by Gasteiger charge is -2.10. The van der Waals surface area contributed by atoms with E-state index in [1.54, 1.807) is 37.5 Å². The number of carbonyl (C=O) groups excluding carboxylic acids is 1. The van der Waals surface area contributed by atoms with Crippen molar-refractivity contribution >= 4 is 17.5 Å². The third-order valence-corrected chi connectivity index (χ3v) is 2.87. The van der Waals surface area contributed by atoms with Crippen molar-refractivity contribution in [3.63, 3.8) is 0 Å². The van der Waals surface area contributed by atoms with Gasteiger partial charge in [-0.3, -0.25) is 10.3 Å². The van der Waals surface area contributed by atoms with Crippen LogP contribution in [0.2, 0.25) is 0 Å². The van der Waals surface area contributed by atoms with Gasteiger partial charge in [0, 0.05) is 24.6 Å². The van der Waals surface area contributed by atoms with Crippen LogP contribution in [0.25, 0.3) is 0 Å². The Morgan fingerprint density at radius 2 is 2.27 bits per heavy atom. The van der Waals surface area contributed by atoms with Crippen molar-refractivity contribution in [1.29, 1.82) is 5.26 Å². The number of anilines is 2. The van der Waals surface area contributed by atoms with Gasteiger partial charge in [0.15, 0.2) is 0 Å². The van der Waals surface area contributed by atoms with Gasteiger partial charge in [0.1, 0.15) is 6.07 Å². The number of amides is 1. The largest absolute Gasteiger partial charge is 0.450 e. The lowest BCUT2D eigenvalue weighted by molar-refractivity contribution is 0.168. The van der Waals surface area contributed by atoms with Crippen molar-refractivity contribution < 1.29 is 9.53 Å². The second kappa shape index (κ2) is 7.64. The van der Waals surface area contributed by atoms with Crippen LogP contribution in [-0.2, 0) is 11.3 Å². The minimum Gasteiger partial charge on any atom is -0.450 e. The molecule has 2 N–H and O–H groups in total. The third kappa shape index (κ3) is 4.21. The van der Waals surface area contributed by atoms with Gasteiger partial charge >= 0.3 is 6.09 Å². The van der Waals surface area contributed by atoms with Gasteiger partial charge in [-0.15, -0.1) is 0 Å². The fourth-order valence-electron chi connectivity index (χ4n) is 1.84. The lowest BCUT2D eigenvalue weighted by Crippen LogP contribution is -2.14. The minimum absolute atomic E-state index is 0.276. The Hall–Kier alpha value is -3.07. The van der Waals surface area contributed by atoms with E-state index in [2.05, 4.69) is 21.7 Å². The fourth-order valence-corrected chi connectivity index (χ4v) is 1.84. The normalized spacial score (nSPS) is 9.64. The number of hydrogen-bond acceptors (Lipinski definition) is 5. The number of benzene rings is 1. The van der Waals surface area contributed by atoms with Crippen LogP contribution in [0, 0.1) is 11.3 Å². The molecule has 0 radical (unpaired) electrons. The molecule has 1 aromatic carbocycles. The quantitative estimate of drug-likeness (QED) is 0.885. The van der Waals surface area contributed by atoms with E-state index in [-0.39, 0.29) is 6.61 Å². The van der Waals surface area contributed by atoms with E-state index < -0.39 is 6.09 Å². The molecule has 0 bridgehead atoms. The van der Waals surface area contributed by atoms with E-state index in [1.165, 1.54) is 0 Å². The lowest BCUT2D eigenvalue weighted by atomic mass is 10.1. The standard InChI is InChI=1S/C16H16N4O2/c1-2-22-16(21)20-15-6-5-14(8-13(15)9-17)19-11-12-4-3-7-18-10-12/h3-8,10,19H,2,11H2,1H3,(H,20,21). The van der Waals surface area contributed by atoms with Gasteiger partial charge in [-0.05, 0) is 36.8 Å². The molecule has 1 aromatic heterocycles. The first kappa shape index (κ1) is 15.3. The molecule has 0 saturated carbocycles. The van der Waals surface area contributed by atoms with Crippen LogP contribution in [0.1, 0.15) is 18.1 Å². The van der Waals surface area contributed by atoms with Crippen molar-refractivity contribution in [2.45, 2.75) is 13.5 Å². The molecule has 0 atom stereocenters. The van der Waals surface area contributed by atoms with Crippen LogP contribution >= 0.6 is 0 Å². The summed E-state index contributed by atoms with van der Waals surface area (Å²) in [7, 11) is 0. The molecule has 0 spiro atoms. The first-order valence-corrected chi connectivity index (χ1v) is 6.83. The number of ether oxygens (including phenoxy) is 1. The van der Waals surface area contributed by atoms with Crippen LogP contribution in [0.15, 0.2) is 42.7 Å². The van der Waals surface area contributed by atoms with Crippen LogP contribution in [0.5, 0.6) is 0 Å². The number of nitriles is 1. The summed E-state index contributed by atoms with van der Waals surface area (Å²) in [5.41, 5.74) is 2.61. The zero-order valence-electron chi connectivity index (χ0n) is 12.2. The summed E-state index contributed by atoms with van der Waals surface area (Å²) in [4.78, 5) is 15.5. The molecule has 2 rings (SSSR count). The molecule has 0 saturated heterocycles. The number of aromatic nitrogens is 1. The summed E-state index contributed by atoms with van der Waals surface area (Å²) in [5.74, 6) is 0. The van der Waals surface area contributed by atoms with Gasteiger partial charge in [-0.1, -0.05) is 6.07 Å². The summed E-state index contributed by atoms with van der Waals surface area (Å²) in [6.07, 6.45) is 2.91. The summed E-state index contributed by atoms with van der Waals surface area (Å²) < 4.78 is 4.80. The van der Waals surface area contributed by atoms with Gasteiger partial charge in [-0.2, -0.15) is 5.26 Å². The average Bonchev–Trinajstić information content (AvgIpc) is 2.55. The molecule has 0 aliphatic carbocycles. The van der Waals surface area contributed by atoms with Crippen molar-refractivity contribution in [2.75, 3.05) is 17.2 Å². The van der Waals surface area contributed by atoms with Crippen molar-refractivity contribution in [2.24, 2.45) is 0 Å². The van der Waals surface area contributed by atoms with Crippen LogP contribution in [0.4, 0.5) is 16.2 Å². The molecule has 0 fully saturated rings. The molecule has 6 heteroatoms. The molecular formula is C16H16N4O2. The highest BCUT2D eigenvalue weighted by molar-refractivity contribution is 5.87. The van der Waals surface area contributed by atoms with Gasteiger partial charge in [0.25, 0.3) is 0 Å². The van der Waals surface area contributed by atoms with E-state index in [1.807, 2.05) is 12.1 Å². The second-order valence-corrected chi connectivity index (χ2v) is 4.43. The predicted molar refractivity (Wildman–Crippen MR) is 83.4 cm³/mol. The SMILES string of the molecule is CCOC(=O)Nc1ccc(NCc2cccnc2)cc1C#N. The van der Waals surface area contributed by atoms with E-state index in [0.717, 1.165) is 11.3 Å². The van der Waals surface area contributed by atoms with Crippen LogP contribution in [-0.4, -0.2) is 17.7 Å². The summed E-state index contributed by atoms with van der Waals surface area (Å²) >= 11 is 0. The Bertz CT molecular complexity index is 680. The summed E-state index contributed by atoms with van der Waals surface area (Å²) in [6.45, 7) is 2.60. The Morgan fingerprint density at radius 1 is 1.41 bits per heavy atom. The van der Waals surface area contributed by atoms with Crippen LogP contribution < -0.4 is 10.6 Å². The molecule has 112 valence electrons. The predicted octanol–water partition coefficient (Wildman–Crippen LogP) is 3.13. The van der Waals surface area contributed by atoms with Crippen LogP contribution in [0.3, 0.4) is 0 Å². The Labute approximate surface area is 128 Å². The highest BCUT2D eigenvalue weighted by Crippen LogP contribution is 2.20. The van der Waals surface area contributed by atoms with Gasteiger partial charge < -0.3 is 10.1 Å². The van der Waals surface area contributed by atoms with Gasteiger partial charge in [-0.25, -0.2) is 4.79 Å². The summed E-state index contributed by atoms with van der Waals surface area (Å²) in [5, 5.41) is 14.9. The Morgan fingerprint density at radius 3 is 2.95 bits per heavy atom. The third-order valence-electron chi connectivity index (χ3n) is 2.87. The minimum atomic E-state index is -0.574. The maximum Gasteiger partial charge on any atom is 0.411 e. The van der Waals surface area contributed by atoms with E-state index in [0.29, 0.717) is 17.8 Å². The number of nitrogens with zero attached hydrogens (tertiary/aromatic N) is 2. The summed E-state index contributed by atoms with van der Waals surface area (Å²) in [6, 6.07) is 11.0. The monoisotopic (exact) mass is 296 g/mol. The first-order chi connectivity index (χ1) is 10.7. The first-order valence-electron chi connectivity index (χ1n) is 6.83. The number of rotatable bonds is 5. The maximum absolute atomic E-state index is 11.4. The topological polar surface area (TPSA) is 87.0 Å². The molecule has 0 unspecified atom stereocenters. The second-order valence-electron chi connectivity index (χ2n) is 4.43. The molecule has 0 aliphatic rings. The highest BCUT2D eigenvalue weighted by atomic mass is 16.5. The highest BCUT2D eigenvalue weighted by Gasteiger charge is 2.08. The number of nitrogens with one attached hydrogen (secondary N) is 2. The molecule has 2 aromatic rings. The molecule has 1 heterocycles. The van der Waals surface area contributed by atoms with E-state index in [4.69, 9.17) is 4.74 Å². The smallest absolute Gasteiger partial charge is 0.411 e. The number of pyridine rings is 1. The zero-order valence-corrected chi connectivity index (χ0v) is 12.2. The molecule has 6 nitrogen and oxygen atoms in total. The molecule has 1 amide bonds. The van der Waals surface area contributed by atoms with Gasteiger partial charge in [0.05, 0.1) is 17.9 Å². The Kier molecular flexibility index (Phi) is 5.32. The molecule has 0 aliphatic heterocycles. The zero-order chi connectivity index (χ0) is 15.8. The number of hydrogen-bond donors (Lipinski definition) is 2.